The molecule has 0 aliphatic carbocycles. The number of hydrogen-bond acceptors (Lipinski definition) is 6. The maximum Gasteiger partial charge on any atom is 0.286 e. The van der Waals surface area contributed by atoms with Crippen LogP contribution in [0.5, 0.6) is 5.88 Å². The lowest BCUT2D eigenvalue weighted by molar-refractivity contribution is 0.0886. The molecule has 0 spiro atoms. The van der Waals surface area contributed by atoms with Crippen molar-refractivity contribution in [3.8, 4) is 5.88 Å². The zero-order valence-electron chi connectivity index (χ0n) is 14.8. The molecular weight excluding hydrogens is 334 g/mol. The number of carbonyl (C=O) groups excluding carboxylic acids is 1. The van der Waals surface area contributed by atoms with E-state index < -0.39 is 0 Å². The second kappa shape index (κ2) is 7.47. The maximum absolute atomic E-state index is 12.1. The number of pyridine rings is 1. The fourth-order valence-corrected chi connectivity index (χ4v) is 3.91. The number of nitrogens with zero attached hydrogens (tertiary/aromatic N) is 2. The topological polar surface area (TPSA) is 76.8 Å². The van der Waals surface area contributed by atoms with E-state index in [1.807, 2.05) is 12.1 Å². The molecule has 4 rings (SSSR count). The lowest BCUT2D eigenvalue weighted by Gasteiger charge is -2.20. The minimum Gasteiger partial charge on any atom is -0.481 e. The predicted octanol–water partition coefficient (Wildman–Crippen LogP) is 1.56. The minimum absolute atomic E-state index is 0.173. The summed E-state index contributed by atoms with van der Waals surface area (Å²) in [5, 5.41) is 2.96. The lowest BCUT2D eigenvalue weighted by atomic mass is 9.93. The monoisotopic (exact) mass is 357 g/mol. The van der Waals surface area contributed by atoms with Gasteiger partial charge >= 0.3 is 0 Å². The lowest BCUT2D eigenvalue weighted by Crippen LogP contribution is -2.34. The molecule has 0 saturated carbocycles. The van der Waals surface area contributed by atoms with Crippen LogP contribution < -0.4 is 10.1 Å². The van der Waals surface area contributed by atoms with E-state index in [0.717, 1.165) is 25.2 Å². The quantitative estimate of drug-likeness (QED) is 0.845. The zero-order chi connectivity index (χ0) is 17.9. The van der Waals surface area contributed by atoms with Crippen LogP contribution in [0.4, 0.5) is 0 Å². The van der Waals surface area contributed by atoms with Crippen LogP contribution >= 0.6 is 0 Å². The summed E-state index contributed by atoms with van der Waals surface area (Å²) in [7, 11) is 1.64. The van der Waals surface area contributed by atoms with Crippen LogP contribution in [0.1, 0.15) is 16.1 Å². The van der Waals surface area contributed by atoms with Gasteiger partial charge in [0, 0.05) is 49.8 Å². The van der Waals surface area contributed by atoms with Gasteiger partial charge in [0.1, 0.15) is 0 Å². The highest BCUT2D eigenvalue weighted by Crippen LogP contribution is 2.34. The van der Waals surface area contributed by atoms with Crippen LogP contribution in [0.15, 0.2) is 41.1 Å². The zero-order valence-corrected chi connectivity index (χ0v) is 14.8. The molecule has 0 unspecified atom stereocenters. The van der Waals surface area contributed by atoms with E-state index in [0.29, 0.717) is 36.6 Å². The number of aromatic nitrogens is 1. The second-order valence-corrected chi connectivity index (χ2v) is 6.85. The summed E-state index contributed by atoms with van der Waals surface area (Å²) in [4.78, 5) is 18.7. The molecule has 1 N–H and O–H groups in total. The first kappa shape index (κ1) is 17.1. The molecule has 7 heteroatoms. The summed E-state index contributed by atoms with van der Waals surface area (Å²) < 4.78 is 16.5. The Balaban J connectivity index is 1.33. The van der Waals surface area contributed by atoms with Crippen molar-refractivity contribution < 1.29 is 18.7 Å². The van der Waals surface area contributed by atoms with Gasteiger partial charge in [0.25, 0.3) is 5.91 Å². The Morgan fingerprint density at radius 1 is 1.38 bits per heavy atom. The molecule has 26 heavy (non-hydrogen) atoms. The fraction of sp³-hybridized carbons (Fsp3) is 0.474. The van der Waals surface area contributed by atoms with Crippen molar-refractivity contribution >= 4 is 5.91 Å². The maximum atomic E-state index is 12.1. The van der Waals surface area contributed by atoms with Crippen molar-refractivity contribution in [2.24, 2.45) is 11.8 Å². The van der Waals surface area contributed by atoms with E-state index in [2.05, 4.69) is 15.2 Å². The van der Waals surface area contributed by atoms with Gasteiger partial charge in [-0.15, -0.1) is 0 Å². The van der Waals surface area contributed by atoms with Crippen molar-refractivity contribution in [2.45, 2.75) is 12.6 Å². The average molecular weight is 357 g/mol. The van der Waals surface area contributed by atoms with E-state index in [-0.39, 0.29) is 12.0 Å². The van der Waals surface area contributed by atoms with E-state index in [1.54, 1.807) is 25.4 Å². The summed E-state index contributed by atoms with van der Waals surface area (Å²) in [5.74, 6) is 1.59. The summed E-state index contributed by atoms with van der Waals surface area (Å²) >= 11 is 0. The molecule has 2 saturated heterocycles. The second-order valence-electron chi connectivity index (χ2n) is 6.85. The van der Waals surface area contributed by atoms with Gasteiger partial charge < -0.3 is 19.2 Å². The average Bonchev–Trinajstić information content (AvgIpc) is 3.38. The van der Waals surface area contributed by atoms with Crippen LogP contribution in [-0.4, -0.2) is 55.2 Å². The van der Waals surface area contributed by atoms with E-state index in [9.17, 15) is 4.79 Å². The van der Waals surface area contributed by atoms with E-state index in [4.69, 9.17) is 13.9 Å². The summed E-state index contributed by atoms with van der Waals surface area (Å²) in [6, 6.07) is 7.35. The van der Waals surface area contributed by atoms with Gasteiger partial charge in [-0.3, -0.25) is 9.69 Å². The fourth-order valence-electron chi connectivity index (χ4n) is 3.91. The molecule has 7 nitrogen and oxygen atoms in total. The van der Waals surface area contributed by atoms with Crippen LogP contribution in [-0.2, 0) is 11.3 Å². The van der Waals surface area contributed by atoms with Gasteiger partial charge in [-0.2, -0.15) is 0 Å². The molecule has 0 aromatic carbocycles. The van der Waals surface area contributed by atoms with Gasteiger partial charge in [0.05, 0.1) is 26.1 Å². The van der Waals surface area contributed by atoms with Crippen LogP contribution in [0.25, 0.3) is 0 Å². The number of ether oxygens (including phenoxy) is 2. The Hall–Kier alpha value is -2.38. The first-order valence-electron chi connectivity index (χ1n) is 8.88. The largest absolute Gasteiger partial charge is 0.481 e. The molecular formula is C19H23N3O4. The third-order valence-electron chi connectivity index (χ3n) is 5.22. The Labute approximate surface area is 152 Å². The SMILES string of the molecule is COc1ncccc1CN1C[C@H]2[C@H](CNC(=O)c3ccco3)CO[C@H]2C1. The predicted molar refractivity (Wildman–Crippen MR) is 93.8 cm³/mol. The Morgan fingerprint density at radius 2 is 2.31 bits per heavy atom. The standard InChI is InChI=1S/C19H23N3O4/c1-24-19-13(4-2-6-20-19)9-22-10-15-14(12-26-17(15)11-22)8-21-18(23)16-5-3-7-25-16/h2-7,14-15,17H,8-12H2,1H3,(H,21,23)/t14-,15+,17+/m1/s1. The molecule has 2 aliphatic heterocycles. The van der Waals surface area contributed by atoms with Crippen molar-refractivity contribution in [3.63, 3.8) is 0 Å². The number of hydrogen-bond donors (Lipinski definition) is 1. The van der Waals surface area contributed by atoms with Gasteiger partial charge in [-0.25, -0.2) is 4.98 Å². The molecule has 1 amide bonds. The molecule has 4 heterocycles. The summed E-state index contributed by atoms with van der Waals surface area (Å²) in [6.45, 7) is 3.93. The number of methoxy groups -OCH3 is 1. The highest BCUT2D eigenvalue weighted by atomic mass is 16.5. The molecule has 2 fully saturated rings. The Morgan fingerprint density at radius 3 is 3.12 bits per heavy atom. The van der Waals surface area contributed by atoms with Gasteiger partial charge in [0.2, 0.25) is 5.88 Å². The number of nitrogens with one attached hydrogen (secondary N) is 1. The van der Waals surface area contributed by atoms with Gasteiger partial charge in [-0.05, 0) is 18.2 Å². The highest BCUT2D eigenvalue weighted by molar-refractivity contribution is 5.91. The smallest absolute Gasteiger partial charge is 0.286 e. The summed E-state index contributed by atoms with van der Waals surface area (Å²) in [6.07, 6.45) is 3.47. The first-order valence-corrected chi connectivity index (χ1v) is 8.88. The third kappa shape index (κ3) is 3.45. The molecule has 138 valence electrons. The van der Waals surface area contributed by atoms with Gasteiger partial charge in [-0.1, -0.05) is 6.07 Å². The number of rotatable bonds is 6. The number of carbonyl (C=O) groups is 1. The van der Waals surface area contributed by atoms with Crippen LogP contribution in [0.2, 0.25) is 0 Å². The molecule has 3 atom stereocenters. The Kier molecular flexibility index (Phi) is 4.90. The number of likely N-dealkylation sites (tertiary alicyclic amines) is 1. The molecule has 2 aliphatic rings. The van der Waals surface area contributed by atoms with Crippen LogP contribution in [0, 0.1) is 11.8 Å². The summed E-state index contributed by atoms with van der Waals surface area (Å²) in [5.41, 5.74) is 1.08. The highest BCUT2D eigenvalue weighted by Gasteiger charge is 2.43. The normalized spacial score (nSPS) is 25.2. The third-order valence-corrected chi connectivity index (χ3v) is 5.22. The Bertz CT molecular complexity index is 749. The number of amides is 1. The van der Waals surface area contributed by atoms with E-state index in [1.165, 1.54) is 6.26 Å². The number of furan rings is 1. The van der Waals surface area contributed by atoms with Crippen molar-refractivity contribution in [1.82, 2.24) is 15.2 Å². The molecule has 0 bridgehead atoms. The molecule has 2 aromatic rings. The van der Waals surface area contributed by atoms with Gasteiger partial charge in [0.15, 0.2) is 5.76 Å². The molecule has 0 radical (unpaired) electrons. The van der Waals surface area contributed by atoms with Crippen molar-refractivity contribution in [3.05, 3.63) is 48.0 Å². The van der Waals surface area contributed by atoms with Crippen molar-refractivity contribution in [2.75, 3.05) is 33.4 Å². The van der Waals surface area contributed by atoms with Crippen molar-refractivity contribution in [1.29, 1.82) is 0 Å². The van der Waals surface area contributed by atoms with Crippen LogP contribution in [0.3, 0.4) is 0 Å². The first-order chi connectivity index (χ1) is 12.7. The molecule has 2 aromatic heterocycles. The number of fused-ring (bicyclic) bond motifs is 1. The minimum atomic E-state index is -0.173. The van der Waals surface area contributed by atoms with E-state index >= 15 is 0 Å².